The van der Waals surface area contributed by atoms with Crippen LogP contribution >= 0.6 is 27.5 Å². The molecule has 0 unspecified atom stereocenters. The highest BCUT2D eigenvalue weighted by atomic mass is 79.9. The Labute approximate surface area is 182 Å². The molecule has 2 aromatic carbocycles. The summed E-state index contributed by atoms with van der Waals surface area (Å²) in [4.78, 5) is 14.8. The zero-order chi connectivity index (χ0) is 20.8. The smallest absolute Gasteiger partial charge is 0.295 e. The molecule has 10 heteroatoms. The van der Waals surface area contributed by atoms with Crippen LogP contribution < -0.4 is 5.69 Å². The van der Waals surface area contributed by atoms with Crippen molar-refractivity contribution in [3.63, 3.8) is 0 Å². The molecule has 29 heavy (non-hydrogen) atoms. The molecule has 2 heterocycles. The lowest BCUT2D eigenvalue weighted by Gasteiger charge is -2.34. The number of imidazole rings is 1. The van der Waals surface area contributed by atoms with Crippen LogP contribution in [0.2, 0.25) is 5.02 Å². The molecule has 1 fully saturated rings. The Kier molecular flexibility index (Phi) is 5.60. The van der Waals surface area contributed by atoms with Crippen molar-refractivity contribution in [2.45, 2.75) is 11.6 Å². The quantitative estimate of drug-likeness (QED) is 0.554. The van der Waals surface area contributed by atoms with E-state index in [4.69, 9.17) is 11.6 Å². The van der Waals surface area contributed by atoms with E-state index < -0.39 is 10.0 Å². The molecule has 1 aromatic heterocycles. The Morgan fingerprint density at radius 2 is 1.69 bits per heavy atom. The molecule has 1 aliphatic rings. The summed E-state index contributed by atoms with van der Waals surface area (Å²) in [6, 6.07) is 12.4. The first-order valence-corrected chi connectivity index (χ1v) is 11.7. The summed E-state index contributed by atoms with van der Waals surface area (Å²) in [5.74, 6) is 0. The third kappa shape index (κ3) is 3.77. The molecule has 0 saturated carbocycles. The molecule has 0 spiro atoms. The molecule has 0 bridgehead atoms. The maximum atomic E-state index is 13.0. The second-order valence-corrected chi connectivity index (χ2v) is 10.2. The monoisotopic (exact) mass is 498 g/mol. The molecule has 0 radical (unpaired) electrons. The number of hydrogen-bond donors (Lipinski definition) is 0. The van der Waals surface area contributed by atoms with Crippen LogP contribution in [-0.4, -0.2) is 52.9 Å². The van der Waals surface area contributed by atoms with E-state index in [1.165, 1.54) is 10.4 Å². The number of fused-ring (bicyclic) bond motifs is 1. The zero-order valence-corrected chi connectivity index (χ0v) is 18.9. The molecule has 0 aliphatic carbocycles. The summed E-state index contributed by atoms with van der Waals surface area (Å²) < 4.78 is 31.5. The lowest BCUT2D eigenvalue weighted by Crippen LogP contribution is -2.49. The molecule has 154 valence electrons. The molecule has 7 nitrogen and oxygen atoms in total. The Bertz CT molecular complexity index is 1230. The largest absolute Gasteiger partial charge is 0.329 e. The fourth-order valence-electron chi connectivity index (χ4n) is 3.63. The van der Waals surface area contributed by atoms with Crippen LogP contribution in [0.25, 0.3) is 11.0 Å². The number of sulfonamides is 1. The second kappa shape index (κ2) is 7.88. The van der Waals surface area contributed by atoms with Crippen LogP contribution in [0.15, 0.2) is 56.6 Å². The summed E-state index contributed by atoms with van der Waals surface area (Å²) in [6.45, 7) is 2.17. The number of benzene rings is 2. The Balaban J connectivity index is 1.51. The van der Waals surface area contributed by atoms with Crippen molar-refractivity contribution in [3.05, 3.63) is 62.4 Å². The maximum Gasteiger partial charge on any atom is 0.329 e. The van der Waals surface area contributed by atoms with Crippen LogP contribution in [-0.2, 0) is 23.7 Å². The van der Waals surface area contributed by atoms with E-state index in [-0.39, 0.29) is 15.6 Å². The van der Waals surface area contributed by atoms with E-state index in [2.05, 4.69) is 20.8 Å². The van der Waals surface area contributed by atoms with Gasteiger partial charge in [-0.05, 0) is 30.3 Å². The average Bonchev–Trinajstić information content (AvgIpc) is 2.93. The minimum atomic E-state index is -3.66. The van der Waals surface area contributed by atoms with E-state index >= 15 is 0 Å². The minimum absolute atomic E-state index is 0.0807. The van der Waals surface area contributed by atoms with Gasteiger partial charge in [0.05, 0.1) is 22.7 Å². The van der Waals surface area contributed by atoms with E-state index in [1.807, 2.05) is 24.3 Å². The lowest BCUT2D eigenvalue weighted by atomic mass is 10.3. The van der Waals surface area contributed by atoms with Gasteiger partial charge >= 0.3 is 5.69 Å². The number of halogens is 2. The van der Waals surface area contributed by atoms with Crippen molar-refractivity contribution < 1.29 is 8.42 Å². The summed E-state index contributed by atoms with van der Waals surface area (Å²) >= 11 is 9.45. The van der Waals surface area contributed by atoms with Gasteiger partial charge in [-0.2, -0.15) is 4.31 Å². The number of aromatic nitrogens is 2. The van der Waals surface area contributed by atoms with Crippen LogP contribution in [0.5, 0.6) is 0 Å². The number of piperazine rings is 1. The minimum Gasteiger partial charge on any atom is -0.295 e. The van der Waals surface area contributed by atoms with Gasteiger partial charge in [-0.15, -0.1) is 0 Å². The number of nitrogens with zero attached hydrogens (tertiary/aromatic N) is 4. The van der Waals surface area contributed by atoms with Gasteiger partial charge in [-0.1, -0.05) is 39.7 Å². The fourth-order valence-corrected chi connectivity index (χ4v) is 6.07. The van der Waals surface area contributed by atoms with Crippen molar-refractivity contribution in [3.8, 4) is 0 Å². The van der Waals surface area contributed by atoms with Crippen molar-refractivity contribution in [1.82, 2.24) is 18.3 Å². The van der Waals surface area contributed by atoms with Crippen molar-refractivity contribution in [2.24, 2.45) is 7.05 Å². The Morgan fingerprint density at radius 3 is 2.34 bits per heavy atom. The summed E-state index contributed by atoms with van der Waals surface area (Å²) in [5.41, 5.74) is 1.67. The van der Waals surface area contributed by atoms with Gasteiger partial charge in [0.2, 0.25) is 10.0 Å². The van der Waals surface area contributed by atoms with Crippen molar-refractivity contribution in [1.29, 1.82) is 0 Å². The topological polar surface area (TPSA) is 67.6 Å². The highest BCUT2D eigenvalue weighted by Crippen LogP contribution is 2.28. The predicted octanol–water partition coefficient (Wildman–Crippen LogP) is 2.72. The van der Waals surface area contributed by atoms with Crippen molar-refractivity contribution in [2.75, 3.05) is 26.2 Å². The standard InChI is InChI=1S/C19H20BrClN4O3S/c1-22-16-4-2-3-5-17(16)25(19(22)26)13-23-8-10-24(11-9-23)29(27,28)18-7-6-14(20)12-15(18)21/h2-7,12H,8-11,13H2,1H3. The molecule has 3 aromatic rings. The molecule has 0 atom stereocenters. The molecule has 0 N–H and O–H groups in total. The average molecular weight is 500 g/mol. The number of hydrogen-bond acceptors (Lipinski definition) is 4. The van der Waals surface area contributed by atoms with Crippen LogP contribution in [0, 0.1) is 0 Å². The van der Waals surface area contributed by atoms with Crippen LogP contribution in [0.1, 0.15) is 0 Å². The number of aryl methyl sites for hydroxylation is 1. The summed E-state index contributed by atoms with van der Waals surface area (Å²) in [7, 11) is -1.91. The van der Waals surface area contributed by atoms with Gasteiger partial charge in [0.1, 0.15) is 4.90 Å². The highest BCUT2D eigenvalue weighted by molar-refractivity contribution is 9.10. The Hall–Kier alpha value is -1.65. The molecule has 1 aliphatic heterocycles. The van der Waals surface area contributed by atoms with Gasteiger partial charge in [-0.25, -0.2) is 13.2 Å². The normalized spacial score (nSPS) is 16.5. The molecule has 1 saturated heterocycles. The van der Waals surface area contributed by atoms with Gasteiger partial charge in [0.15, 0.2) is 0 Å². The first kappa shape index (κ1) is 20.6. The van der Waals surface area contributed by atoms with Gasteiger partial charge in [-0.3, -0.25) is 14.0 Å². The Morgan fingerprint density at radius 1 is 1.03 bits per heavy atom. The summed E-state index contributed by atoms with van der Waals surface area (Å²) in [5, 5.41) is 0.198. The first-order chi connectivity index (χ1) is 13.8. The molecule has 0 amide bonds. The van der Waals surface area contributed by atoms with E-state index in [1.54, 1.807) is 28.3 Å². The predicted molar refractivity (Wildman–Crippen MR) is 117 cm³/mol. The fraction of sp³-hybridized carbons (Fsp3) is 0.316. The van der Waals surface area contributed by atoms with E-state index in [9.17, 15) is 13.2 Å². The highest BCUT2D eigenvalue weighted by Gasteiger charge is 2.30. The zero-order valence-electron chi connectivity index (χ0n) is 15.8. The third-order valence-electron chi connectivity index (χ3n) is 5.24. The van der Waals surface area contributed by atoms with Gasteiger partial charge in [0.25, 0.3) is 0 Å². The molecule has 4 rings (SSSR count). The maximum absolute atomic E-state index is 13.0. The van der Waals surface area contributed by atoms with Crippen molar-refractivity contribution >= 4 is 48.6 Å². The summed E-state index contributed by atoms with van der Waals surface area (Å²) in [6.07, 6.45) is 0. The van der Waals surface area contributed by atoms with E-state index in [0.29, 0.717) is 32.8 Å². The first-order valence-electron chi connectivity index (χ1n) is 9.11. The van der Waals surface area contributed by atoms with E-state index in [0.717, 1.165) is 15.5 Å². The SMILES string of the molecule is Cn1c(=O)n(CN2CCN(S(=O)(=O)c3ccc(Br)cc3Cl)CC2)c2ccccc21. The third-order valence-corrected chi connectivity index (χ3v) is 8.11. The van der Waals surface area contributed by atoms with Crippen LogP contribution in [0.3, 0.4) is 0 Å². The van der Waals surface area contributed by atoms with Gasteiger partial charge in [0, 0.05) is 37.7 Å². The molecular weight excluding hydrogens is 480 g/mol. The molecular formula is C19H20BrClN4O3S. The number of rotatable bonds is 4. The second-order valence-electron chi connectivity index (χ2n) is 7.00. The van der Waals surface area contributed by atoms with Gasteiger partial charge < -0.3 is 0 Å². The lowest BCUT2D eigenvalue weighted by molar-refractivity contribution is 0.152. The van der Waals surface area contributed by atoms with Crippen LogP contribution in [0.4, 0.5) is 0 Å². The number of para-hydroxylation sites is 2.